The molecule has 118 valence electrons. The van der Waals surface area contributed by atoms with Crippen molar-refractivity contribution < 1.29 is 14.3 Å². The third-order valence-corrected chi connectivity index (χ3v) is 3.99. The first-order valence-electron chi connectivity index (χ1n) is 7.03. The standard InChI is InChI=1S/C17H20BrNO3/c1-7-10-8-11(18)9-12-13(10)17(5,6)19(14(12)20)15(21)22-16(2,3)4/h7-9H,1H2,2-6H3. The lowest BCUT2D eigenvalue weighted by Crippen LogP contribution is -2.46. The fourth-order valence-electron chi connectivity index (χ4n) is 2.75. The maximum atomic E-state index is 12.7. The number of hydrogen-bond acceptors (Lipinski definition) is 3. The van der Waals surface area contributed by atoms with Gasteiger partial charge in [-0.15, -0.1) is 0 Å². The van der Waals surface area contributed by atoms with Crippen LogP contribution < -0.4 is 0 Å². The number of halogens is 1. The number of rotatable bonds is 1. The van der Waals surface area contributed by atoms with Crippen LogP contribution in [-0.4, -0.2) is 22.5 Å². The van der Waals surface area contributed by atoms with Crippen molar-refractivity contribution in [1.29, 1.82) is 0 Å². The largest absolute Gasteiger partial charge is 0.443 e. The highest BCUT2D eigenvalue weighted by Crippen LogP contribution is 2.43. The van der Waals surface area contributed by atoms with Gasteiger partial charge in [0, 0.05) is 10.0 Å². The molecule has 0 bridgehead atoms. The van der Waals surface area contributed by atoms with Gasteiger partial charge in [0.25, 0.3) is 5.91 Å². The molecule has 0 radical (unpaired) electrons. The summed E-state index contributed by atoms with van der Waals surface area (Å²) in [5, 5.41) is 0. The maximum Gasteiger partial charge on any atom is 0.418 e. The predicted molar refractivity (Wildman–Crippen MR) is 89.7 cm³/mol. The quantitative estimate of drug-likeness (QED) is 0.723. The summed E-state index contributed by atoms with van der Waals surface area (Å²) in [7, 11) is 0. The van der Waals surface area contributed by atoms with Gasteiger partial charge < -0.3 is 4.74 Å². The molecule has 0 unspecified atom stereocenters. The van der Waals surface area contributed by atoms with Crippen LogP contribution in [0.5, 0.6) is 0 Å². The van der Waals surface area contributed by atoms with Gasteiger partial charge in [0.1, 0.15) is 5.60 Å². The van der Waals surface area contributed by atoms with E-state index in [1.165, 1.54) is 4.90 Å². The lowest BCUT2D eigenvalue weighted by Gasteiger charge is -2.33. The van der Waals surface area contributed by atoms with E-state index in [-0.39, 0.29) is 5.91 Å². The number of benzene rings is 1. The number of hydrogen-bond donors (Lipinski definition) is 0. The van der Waals surface area contributed by atoms with E-state index in [0.29, 0.717) is 5.56 Å². The third kappa shape index (κ3) is 2.70. The highest BCUT2D eigenvalue weighted by atomic mass is 79.9. The first-order chi connectivity index (χ1) is 9.99. The van der Waals surface area contributed by atoms with Crippen molar-refractivity contribution in [2.45, 2.75) is 45.8 Å². The predicted octanol–water partition coefficient (Wildman–Crippen LogP) is 4.72. The van der Waals surface area contributed by atoms with E-state index in [4.69, 9.17) is 4.74 Å². The molecule has 5 heteroatoms. The highest BCUT2D eigenvalue weighted by molar-refractivity contribution is 9.10. The Morgan fingerprint density at radius 3 is 2.45 bits per heavy atom. The number of fused-ring (bicyclic) bond motifs is 1. The van der Waals surface area contributed by atoms with E-state index in [0.717, 1.165) is 15.6 Å². The van der Waals surface area contributed by atoms with E-state index >= 15 is 0 Å². The molecule has 1 aliphatic heterocycles. The first-order valence-corrected chi connectivity index (χ1v) is 7.82. The van der Waals surface area contributed by atoms with Gasteiger partial charge in [-0.1, -0.05) is 28.6 Å². The Morgan fingerprint density at radius 1 is 1.36 bits per heavy atom. The summed E-state index contributed by atoms with van der Waals surface area (Å²) in [5.41, 5.74) is 0.665. The zero-order chi connectivity index (χ0) is 16.9. The van der Waals surface area contributed by atoms with Crippen LogP contribution in [0.1, 0.15) is 56.1 Å². The van der Waals surface area contributed by atoms with Crippen LogP contribution in [0.25, 0.3) is 6.08 Å². The lowest BCUT2D eigenvalue weighted by atomic mass is 9.89. The van der Waals surface area contributed by atoms with Crippen LogP contribution in [0.4, 0.5) is 4.79 Å². The van der Waals surface area contributed by atoms with Crippen LogP contribution in [0.3, 0.4) is 0 Å². The van der Waals surface area contributed by atoms with Gasteiger partial charge in [-0.2, -0.15) is 0 Å². The zero-order valence-electron chi connectivity index (χ0n) is 13.5. The van der Waals surface area contributed by atoms with E-state index in [9.17, 15) is 9.59 Å². The van der Waals surface area contributed by atoms with Crippen LogP contribution >= 0.6 is 15.9 Å². The summed E-state index contributed by atoms with van der Waals surface area (Å²) in [4.78, 5) is 26.4. The lowest BCUT2D eigenvalue weighted by molar-refractivity contribution is 0.00937. The molecule has 2 rings (SSSR count). The molecule has 1 aliphatic rings. The molecular formula is C17H20BrNO3. The SMILES string of the molecule is C=Cc1cc(Br)cc2c1C(C)(C)N(C(=O)OC(C)(C)C)C2=O. The summed E-state index contributed by atoms with van der Waals surface area (Å²) in [6.45, 7) is 12.8. The van der Waals surface area contributed by atoms with Crippen LogP contribution in [0.2, 0.25) is 0 Å². The normalized spacial score (nSPS) is 16.5. The second-order valence-electron chi connectivity index (χ2n) is 6.80. The van der Waals surface area contributed by atoms with Gasteiger partial charge in [0.05, 0.1) is 5.54 Å². The minimum Gasteiger partial charge on any atom is -0.443 e. The van der Waals surface area contributed by atoms with Gasteiger partial charge in [-0.05, 0) is 57.9 Å². The van der Waals surface area contributed by atoms with Gasteiger partial charge in [0.15, 0.2) is 0 Å². The smallest absolute Gasteiger partial charge is 0.418 e. The molecule has 22 heavy (non-hydrogen) atoms. The number of nitrogens with zero attached hydrogens (tertiary/aromatic N) is 1. The molecule has 0 aromatic heterocycles. The number of carbonyl (C=O) groups is 2. The fourth-order valence-corrected chi connectivity index (χ4v) is 3.22. The molecule has 1 aromatic rings. The molecule has 0 spiro atoms. The monoisotopic (exact) mass is 365 g/mol. The topological polar surface area (TPSA) is 46.6 Å². The Bertz CT molecular complexity index is 671. The minimum absolute atomic E-state index is 0.348. The molecular weight excluding hydrogens is 346 g/mol. The van der Waals surface area contributed by atoms with E-state index < -0.39 is 17.2 Å². The summed E-state index contributed by atoms with van der Waals surface area (Å²) < 4.78 is 6.17. The number of carbonyl (C=O) groups excluding carboxylic acids is 2. The minimum atomic E-state index is -0.793. The van der Waals surface area contributed by atoms with Crippen molar-refractivity contribution >= 4 is 34.0 Å². The molecule has 0 saturated carbocycles. The highest BCUT2D eigenvalue weighted by Gasteiger charge is 2.49. The van der Waals surface area contributed by atoms with Crippen LogP contribution in [0, 0.1) is 0 Å². The Hall–Kier alpha value is -1.62. The first kappa shape index (κ1) is 16.7. The molecule has 4 nitrogen and oxygen atoms in total. The van der Waals surface area contributed by atoms with Crippen molar-refractivity contribution in [2.75, 3.05) is 0 Å². The summed E-state index contributed by atoms with van der Waals surface area (Å²) in [6.07, 6.45) is 1.06. The van der Waals surface area contributed by atoms with Crippen molar-refractivity contribution in [1.82, 2.24) is 4.90 Å². The summed E-state index contributed by atoms with van der Waals surface area (Å²) >= 11 is 3.39. The number of imide groups is 1. The van der Waals surface area contributed by atoms with Gasteiger partial charge in [0.2, 0.25) is 0 Å². The molecule has 1 heterocycles. The Balaban J connectivity index is 2.57. The van der Waals surface area contributed by atoms with E-state index in [2.05, 4.69) is 22.5 Å². The maximum absolute atomic E-state index is 12.7. The summed E-state index contributed by atoms with van der Waals surface area (Å²) in [6, 6.07) is 3.62. The molecule has 0 fully saturated rings. The average Bonchev–Trinajstić information content (AvgIpc) is 2.53. The van der Waals surface area contributed by atoms with Crippen LogP contribution in [-0.2, 0) is 10.3 Å². The van der Waals surface area contributed by atoms with Crippen molar-refractivity contribution in [3.05, 3.63) is 39.9 Å². The van der Waals surface area contributed by atoms with Crippen molar-refractivity contribution in [3.8, 4) is 0 Å². The van der Waals surface area contributed by atoms with Crippen molar-refractivity contribution in [2.24, 2.45) is 0 Å². The Kier molecular flexibility index (Phi) is 3.98. The second kappa shape index (κ2) is 5.23. The Labute approximate surface area is 139 Å². The fraction of sp³-hybridized carbons (Fsp3) is 0.412. The number of amides is 2. The van der Waals surface area contributed by atoms with Gasteiger partial charge in [-0.3, -0.25) is 4.79 Å². The summed E-state index contributed by atoms with van der Waals surface area (Å²) in [5.74, 6) is -0.348. The van der Waals surface area contributed by atoms with Gasteiger partial charge >= 0.3 is 6.09 Å². The molecule has 0 atom stereocenters. The molecule has 0 saturated heterocycles. The zero-order valence-corrected chi connectivity index (χ0v) is 15.1. The molecule has 1 aromatic carbocycles. The third-order valence-electron chi connectivity index (χ3n) is 3.53. The van der Waals surface area contributed by atoms with E-state index in [1.54, 1.807) is 32.9 Å². The van der Waals surface area contributed by atoms with Gasteiger partial charge in [-0.25, -0.2) is 9.69 Å². The van der Waals surface area contributed by atoms with E-state index in [1.807, 2.05) is 19.9 Å². The second-order valence-corrected chi connectivity index (χ2v) is 7.72. The molecule has 0 N–H and O–H groups in total. The molecule has 0 aliphatic carbocycles. The Morgan fingerprint density at radius 2 is 1.95 bits per heavy atom. The van der Waals surface area contributed by atoms with Crippen LogP contribution in [0.15, 0.2) is 23.2 Å². The van der Waals surface area contributed by atoms with Crippen molar-refractivity contribution in [3.63, 3.8) is 0 Å². The number of ether oxygens (including phenoxy) is 1. The molecule has 2 amide bonds. The average molecular weight is 366 g/mol.